The van der Waals surface area contributed by atoms with E-state index in [1.54, 1.807) is 0 Å². The molecule has 0 unspecified atom stereocenters. The van der Waals surface area contributed by atoms with Gasteiger partial charge in [-0.25, -0.2) is 15.0 Å². The summed E-state index contributed by atoms with van der Waals surface area (Å²) in [6, 6.07) is 79.3. The highest BCUT2D eigenvalue weighted by Crippen LogP contribution is 2.64. The molecular weight excluding hydrogens is 777 g/mol. The Morgan fingerprint density at radius 1 is 0.297 bits per heavy atom. The van der Waals surface area contributed by atoms with Crippen LogP contribution in [0.2, 0.25) is 0 Å². The highest BCUT2D eigenvalue weighted by atomic mass is 15.0. The zero-order valence-corrected chi connectivity index (χ0v) is 34.6. The average molecular weight is 813 g/mol. The maximum absolute atomic E-state index is 5.17. The summed E-state index contributed by atoms with van der Waals surface area (Å²) in [4.78, 5) is 15.3. The molecule has 0 fully saturated rings. The number of rotatable bonds is 4. The lowest BCUT2D eigenvalue weighted by molar-refractivity contribution is 0.795. The van der Waals surface area contributed by atoms with Crippen LogP contribution in [0.25, 0.3) is 105 Å². The molecule has 0 atom stereocenters. The fraction of sp³-hybridized carbons (Fsp3) is 0.0167. The van der Waals surface area contributed by atoms with E-state index in [2.05, 4.69) is 187 Å². The monoisotopic (exact) mass is 812 g/mol. The number of benzene rings is 10. The van der Waals surface area contributed by atoms with E-state index in [-0.39, 0.29) is 0 Å². The van der Waals surface area contributed by atoms with Gasteiger partial charge in [0.15, 0.2) is 17.5 Å². The second-order valence-corrected chi connectivity index (χ2v) is 17.1. The minimum Gasteiger partial charge on any atom is -0.309 e. The molecule has 14 rings (SSSR count). The first-order valence-electron chi connectivity index (χ1n) is 21.9. The summed E-state index contributed by atoms with van der Waals surface area (Å²) in [6.45, 7) is 0. The van der Waals surface area contributed by atoms with E-state index < -0.39 is 5.41 Å². The lowest BCUT2D eigenvalue weighted by Gasteiger charge is -2.30. The predicted molar refractivity (Wildman–Crippen MR) is 262 cm³/mol. The van der Waals surface area contributed by atoms with Crippen molar-refractivity contribution in [1.82, 2.24) is 19.5 Å². The van der Waals surface area contributed by atoms with E-state index in [1.807, 2.05) is 36.4 Å². The highest BCUT2D eigenvalue weighted by molar-refractivity contribution is 6.14. The van der Waals surface area contributed by atoms with Crippen molar-refractivity contribution in [2.45, 2.75) is 5.41 Å². The third kappa shape index (κ3) is 4.79. The van der Waals surface area contributed by atoms with Gasteiger partial charge in [0.1, 0.15) is 0 Å². The van der Waals surface area contributed by atoms with Crippen molar-refractivity contribution in [3.8, 4) is 62.1 Å². The van der Waals surface area contributed by atoms with Crippen LogP contribution in [0.3, 0.4) is 0 Å². The maximum atomic E-state index is 5.17. The number of fused-ring (bicyclic) bond motifs is 15. The largest absolute Gasteiger partial charge is 0.309 e. The summed E-state index contributed by atoms with van der Waals surface area (Å²) < 4.78 is 2.50. The Balaban J connectivity index is 1.05. The van der Waals surface area contributed by atoms with Crippen LogP contribution in [0, 0.1) is 0 Å². The molecule has 0 radical (unpaired) electrons. The summed E-state index contributed by atoms with van der Waals surface area (Å²) in [5.41, 5.74) is 16.3. The molecule has 2 heterocycles. The zero-order chi connectivity index (χ0) is 41.9. The molecule has 2 aliphatic rings. The zero-order valence-electron chi connectivity index (χ0n) is 34.6. The maximum Gasteiger partial charge on any atom is 0.164 e. The van der Waals surface area contributed by atoms with Crippen LogP contribution in [0.1, 0.15) is 22.3 Å². The summed E-state index contributed by atoms with van der Waals surface area (Å²) in [6.07, 6.45) is 0. The molecule has 0 aliphatic heterocycles. The van der Waals surface area contributed by atoms with Crippen LogP contribution in [0.4, 0.5) is 0 Å². The Labute approximate surface area is 369 Å². The minimum atomic E-state index is -0.491. The molecule has 1 spiro atoms. The molecule has 64 heavy (non-hydrogen) atoms. The summed E-state index contributed by atoms with van der Waals surface area (Å²) in [7, 11) is 0. The van der Waals surface area contributed by atoms with Crippen LogP contribution in [-0.2, 0) is 5.41 Å². The van der Waals surface area contributed by atoms with Gasteiger partial charge in [-0.2, -0.15) is 0 Å². The van der Waals surface area contributed by atoms with Gasteiger partial charge in [0.05, 0.1) is 22.1 Å². The summed E-state index contributed by atoms with van der Waals surface area (Å²) in [5.74, 6) is 1.93. The first-order valence-corrected chi connectivity index (χ1v) is 21.9. The van der Waals surface area contributed by atoms with Crippen molar-refractivity contribution in [3.63, 3.8) is 0 Å². The van der Waals surface area contributed by atoms with Gasteiger partial charge in [-0.05, 0) is 103 Å². The molecule has 4 nitrogen and oxygen atoms in total. The molecule has 10 aromatic carbocycles. The number of nitrogens with zero attached hydrogens (tertiary/aromatic N) is 4. The van der Waals surface area contributed by atoms with Crippen LogP contribution >= 0.6 is 0 Å². The summed E-state index contributed by atoms with van der Waals surface area (Å²) >= 11 is 0. The molecule has 2 aromatic heterocycles. The molecule has 0 amide bonds. The van der Waals surface area contributed by atoms with Gasteiger partial charge >= 0.3 is 0 Å². The number of aromatic nitrogens is 4. The molecule has 296 valence electrons. The third-order valence-electron chi connectivity index (χ3n) is 13.8. The Morgan fingerprint density at radius 2 is 0.812 bits per heavy atom. The topological polar surface area (TPSA) is 43.6 Å². The highest BCUT2D eigenvalue weighted by Gasteiger charge is 2.52. The van der Waals surface area contributed by atoms with Crippen LogP contribution < -0.4 is 0 Å². The van der Waals surface area contributed by atoms with Crippen LogP contribution in [-0.4, -0.2) is 19.5 Å². The van der Waals surface area contributed by atoms with Crippen molar-refractivity contribution >= 4 is 43.4 Å². The van der Waals surface area contributed by atoms with Gasteiger partial charge in [-0.1, -0.05) is 176 Å². The first kappa shape index (κ1) is 35.2. The van der Waals surface area contributed by atoms with Gasteiger partial charge in [0.2, 0.25) is 0 Å². The number of hydrogen-bond acceptors (Lipinski definition) is 3. The molecule has 12 aromatic rings. The van der Waals surface area contributed by atoms with Crippen molar-refractivity contribution in [1.29, 1.82) is 0 Å². The van der Waals surface area contributed by atoms with Crippen molar-refractivity contribution in [2.24, 2.45) is 0 Å². The van der Waals surface area contributed by atoms with E-state index in [9.17, 15) is 0 Å². The lowest BCUT2D eigenvalue weighted by Crippen LogP contribution is -2.25. The molecule has 0 bridgehead atoms. The Hall–Kier alpha value is -8.47. The fourth-order valence-corrected chi connectivity index (χ4v) is 11.1. The van der Waals surface area contributed by atoms with Gasteiger partial charge in [-0.15, -0.1) is 0 Å². The van der Waals surface area contributed by atoms with E-state index in [1.165, 1.54) is 71.6 Å². The standard InChI is InChI=1S/C60H36N4/c1-3-17-37(18-4-1)57-61-58(38-19-5-2-6-20-38)63-59(62-57)46-31-32-55(44-26-10-9-23-41(44)46)64-54-30-16-13-27-45(54)49-35-48-47-33-39-21-7-8-22-40(39)34-52(47)60(53(48)36-56(49)64)50-28-14-11-24-42(50)43-25-12-15-29-51(43)60/h1-36H. The third-order valence-corrected chi connectivity index (χ3v) is 13.8. The molecule has 2 aliphatic carbocycles. The number of para-hydroxylation sites is 1. The second-order valence-electron chi connectivity index (χ2n) is 17.1. The van der Waals surface area contributed by atoms with Gasteiger partial charge < -0.3 is 4.57 Å². The quantitative estimate of drug-likeness (QED) is 0.178. The Bertz CT molecular complexity index is 3800. The Kier molecular flexibility index (Phi) is 7.29. The molecular formula is C60H36N4. The fourth-order valence-electron chi connectivity index (χ4n) is 11.1. The van der Waals surface area contributed by atoms with Crippen molar-refractivity contribution in [3.05, 3.63) is 241 Å². The van der Waals surface area contributed by atoms with Crippen LogP contribution in [0.5, 0.6) is 0 Å². The van der Waals surface area contributed by atoms with Gasteiger partial charge in [0, 0.05) is 32.8 Å². The van der Waals surface area contributed by atoms with Crippen molar-refractivity contribution in [2.75, 3.05) is 0 Å². The van der Waals surface area contributed by atoms with E-state index in [0.717, 1.165) is 38.7 Å². The lowest BCUT2D eigenvalue weighted by atomic mass is 9.70. The SMILES string of the molecule is c1ccc(-c2nc(-c3ccccc3)nc(-c3ccc(-n4c5ccccc5c5cc6c(cc54)C4(c5ccccc5-c5ccccc54)c4cc5ccccc5cc4-6)c4ccccc34)n2)cc1. The molecule has 0 N–H and O–H groups in total. The van der Waals surface area contributed by atoms with Crippen LogP contribution in [0.15, 0.2) is 218 Å². The Morgan fingerprint density at radius 3 is 1.50 bits per heavy atom. The van der Waals surface area contributed by atoms with E-state index in [4.69, 9.17) is 15.0 Å². The van der Waals surface area contributed by atoms with Crippen molar-refractivity contribution < 1.29 is 0 Å². The minimum absolute atomic E-state index is 0.491. The smallest absolute Gasteiger partial charge is 0.164 e. The normalized spacial score (nSPS) is 13.1. The van der Waals surface area contributed by atoms with E-state index in [0.29, 0.717) is 17.5 Å². The first-order chi connectivity index (χ1) is 31.7. The molecule has 4 heteroatoms. The molecule has 0 saturated carbocycles. The molecule has 0 saturated heterocycles. The van der Waals surface area contributed by atoms with Gasteiger partial charge in [0.25, 0.3) is 0 Å². The van der Waals surface area contributed by atoms with Gasteiger partial charge in [-0.3, -0.25) is 0 Å². The predicted octanol–water partition coefficient (Wildman–Crippen LogP) is 14.6. The second kappa shape index (κ2) is 13.3. The summed E-state index contributed by atoms with van der Waals surface area (Å²) in [5, 5.41) is 7.16. The van der Waals surface area contributed by atoms with E-state index >= 15 is 0 Å². The number of hydrogen-bond donors (Lipinski definition) is 0. The average Bonchev–Trinajstić information content (AvgIpc) is 3.96.